The van der Waals surface area contributed by atoms with Gasteiger partial charge in [-0.2, -0.15) is 0 Å². The molecule has 1 aliphatic carbocycles. The molecule has 1 N–H and O–H groups in total. The Morgan fingerprint density at radius 1 is 1.17 bits per heavy atom. The third-order valence-electron chi connectivity index (χ3n) is 5.28. The van der Waals surface area contributed by atoms with Crippen molar-refractivity contribution in [3.8, 4) is 0 Å². The molecule has 3 rings (SSSR count). The number of Topliss-reactive ketones (excluding diaryl/α,β-unsaturated/α-hetero) is 1. The smallest absolute Gasteiger partial charge is 0.296 e. The highest BCUT2D eigenvalue weighted by Gasteiger charge is 2.37. The second-order valence-corrected chi connectivity index (χ2v) is 6.77. The fraction of sp³-hybridized carbons (Fsp3) is 0.579. The first-order chi connectivity index (χ1) is 11.1. The Morgan fingerprint density at radius 3 is 2.52 bits per heavy atom. The maximum atomic E-state index is 12.2. The van der Waals surface area contributed by atoms with Crippen molar-refractivity contribution >= 4 is 17.4 Å². The molecule has 1 aliphatic heterocycles. The maximum absolute atomic E-state index is 12.2. The average molecular weight is 314 g/mol. The first-order valence-corrected chi connectivity index (χ1v) is 8.83. The number of hydrogen-bond donors (Lipinski definition) is 1. The number of fused-ring (bicyclic) bond motifs is 3. The van der Waals surface area contributed by atoms with E-state index in [1.165, 1.54) is 5.56 Å². The molecule has 0 radical (unpaired) electrons. The van der Waals surface area contributed by atoms with E-state index in [2.05, 4.69) is 37.1 Å². The molecule has 0 aromatic heterocycles. The summed E-state index contributed by atoms with van der Waals surface area (Å²) in [6, 6.07) is 4.54. The van der Waals surface area contributed by atoms with Gasteiger partial charge in [-0.1, -0.05) is 26.8 Å². The van der Waals surface area contributed by atoms with E-state index >= 15 is 0 Å². The number of anilines is 1. The number of amides is 1. The Hall–Kier alpha value is -1.68. The molecule has 2 aliphatic rings. The highest BCUT2D eigenvalue weighted by molar-refractivity contribution is 6.52. The Morgan fingerprint density at radius 2 is 1.87 bits per heavy atom. The third kappa shape index (κ3) is 2.69. The van der Waals surface area contributed by atoms with Gasteiger partial charge in [0.15, 0.2) is 0 Å². The monoisotopic (exact) mass is 314 g/mol. The number of carbonyl (C=O) groups is 2. The van der Waals surface area contributed by atoms with Crippen molar-refractivity contribution in [3.63, 3.8) is 0 Å². The van der Waals surface area contributed by atoms with Gasteiger partial charge >= 0.3 is 0 Å². The molecule has 0 bridgehead atoms. The molecule has 1 aromatic carbocycles. The minimum Gasteiger partial charge on any atom is -0.318 e. The zero-order valence-corrected chi connectivity index (χ0v) is 14.3. The lowest BCUT2D eigenvalue weighted by Crippen LogP contribution is -2.42. The van der Waals surface area contributed by atoms with Gasteiger partial charge in [0.2, 0.25) is 0 Å². The summed E-state index contributed by atoms with van der Waals surface area (Å²) < 4.78 is 0. The van der Waals surface area contributed by atoms with Crippen molar-refractivity contribution in [1.82, 2.24) is 4.90 Å². The van der Waals surface area contributed by atoms with Crippen LogP contribution in [0.15, 0.2) is 12.1 Å². The molecule has 1 amide bonds. The number of nitrogens with zero attached hydrogens (tertiary/aromatic N) is 1. The van der Waals surface area contributed by atoms with Crippen LogP contribution in [-0.2, 0) is 11.2 Å². The van der Waals surface area contributed by atoms with Crippen LogP contribution >= 0.6 is 0 Å². The van der Waals surface area contributed by atoms with Crippen molar-refractivity contribution < 1.29 is 9.59 Å². The standard InChI is InChI=1S/C19H26N2O2/c1-4-10-21(11-5-2)16-9-7-14-13(12(16)3)6-8-15-17(14)18(22)19(23)20-15/h6,8,12,16H,4-5,7,9-11H2,1-3H3,(H,20,22,23)/t12-,16+/m0/s1. The molecular formula is C19H26N2O2. The molecule has 0 saturated heterocycles. The van der Waals surface area contributed by atoms with Crippen LogP contribution < -0.4 is 5.32 Å². The molecular weight excluding hydrogens is 288 g/mol. The zero-order chi connectivity index (χ0) is 16.6. The van der Waals surface area contributed by atoms with Crippen molar-refractivity contribution in [2.24, 2.45) is 0 Å². The Kier molecular flexibility index (Phi) is 4.53. The summed E-state index contributed by atoms with van der Waals surface area (Å²) in [4.78, 5) is 26.4. The fourth-order valence-corrected chi connectivity index (χ4v) is 4.28. The molecule has 23 heavy (non-hydrogen) atoms. The van der Waals surface area contributed by atoms with E-state index < -0.39 is 5.91 Å². The van der Waals surface area contributed by atoms with Gasteiger partial charge < -0.3 is 5.32 Å². The lowest BCUT2D eigenvalue weighted by atomic mass is 9.77. The Bertz CT molecular complexity index is 633. The number of nitrogens with one attached hydrogen (secondary N) is 1. The van der Waals surface area contributed by atoms with E-state index in [1.807, 2.05) is 6.07 Å². The summed E-state index contributed by atoms with van der Waals surface area (Å²) in [5.41, 5.74) is 3.68. The van der Waals surface area contributed by atoms with Gasteiger partial charge in [0.25, 0.3) is 11.7 Å². The van der Waals surface area contributed by atoms with Crippen molar-refractivity contribution in [2.75, 3.05) is 18.4 Å². The molecule has 1 aromatic rings. The molecule has 1 heterocycles. The van der Waals surface area contributed by atoms with E-state index in [9.17, 15) is 9.59 Å². The van der Waals surface area contributed by atoms with Crippen molar-refractivity contribution in [1.29, 1.82) is 0 Å². The Balaban J connectivity index is 1.94. The molecule has 4 nitrogen and oxygen atoms in total. The minimum atomic E-state index is -0.484. The van der Waals surface area contributed by atoms with Crippen LogP contribution in [0.2, 0.25) is 0 Å². The fourth-order valence-electron chi connectivity index (χ4n) is 4.28. The zero-order valence-electron chi connectivity index (χ0n) is 14.3. The normalized spacial score (nSPS) is 23.0. The van der Waals surface area contributed by atoms with Crippen LogP contribution in [0.4, 0.5) is 5.69 Å². The highest BCUT2D eigenvalue weighted by atomic mass is 16.2. The Labute approximate surface area is 138 Å². The first-order valence-electron chi connectivity index (χ1n) is 8.83. The van der Waals surface area contributed by atoms with E-state index in [4.69, 9.17) is 0 Å². The molecule has 0 spiro atoms. The van der Waals surface area contributed by atoms with Crippen LogP contribution in [0.5, 0.6) is 0 Å². The van der Waals surface area contributed by atoms with Crippen LogP contribution in [-0.4, -0.2) is 35.7 Å². The van der Waals surface area contributed by atoms with Crippen LogP contribution in [0.3, 0.4) is 0 Å². The van der Waals surface area contributed by atoms with Crippen LogP contribution in [0.1, 0.15) is 67.4 Å². The van der Waals surface area contributed by atoms with Crippen molar-refractivity contribution in [2.45, 2.75) is 58.4 Å². The first kappa shape index (κ1) is 16.2. The van der Waals surface area contributed by atoms with Gasteiger partial charge in [-0.15, -0.1) is 0 Å². The van der Waals surface area contributed by atoms with Crippen LogP contribution in [0.25, 0.3) is 0 Å². The minimum absolute atomic E-state index is 0.360. The second-order valence-electron chi connectivity index (χ2n) is 6.77. The summed E-state index contributed by atoms with van der Waals surface area (Å²) >= 11 is 0. The van der Waals surface area contributed by atoms with E-state index in [0.29, 0.717) is 23.2 Å². The van der Waals surface area contributed by atoms with Gasteiger partial charge in [-0.05, 0) is 61.9 Å². The maximum Gasteiger partial charge on any atom is 0.296 e. The molecule has 0 fully saturated rings. The summed E-state index contributed by atoms with van der Waals surface area (Å²) in [5, 5.41) is 2.69. The predicted octanol–water partition coefficient (Wildman–Crippen LogP) is 3.36. The van der Waals surface area contributed by atoms with Gasteiger partial charge in [0.1, 0.15) is 0 Å². The summed E-state index contributed by atoms with van der Waals surface area (Å²) in [5.74, 6) is -0.450. The average Bonchev–Trinajstić information content (AvgIpc) is 2.83. The van der Waals surface area contributed by atoms with Gasteiger partial charge in [-0.25, -0.2) is 0 Å². The molecule has 4 heteroatoms. The molecule has 124 valence electrons. The molecule has 2 atom stereocenters. The lowest BCUT2D eigenvalue weighted by molar-refractivity contribution is -0.112. The van der Waals surface area contributed by atoms with Gasteiger partial charge in [-0.3, -0.25) is 14.5 Å². The summed E-state index contributed by atoms with van der Waals surface area (Å²) in [7, 11) is 0. The predicted molar refractivity (Wildman–Crippen MR) is 92.1 cm³/mol. The number of ketones is 1. The van der Waals surface area contributed by atoms with Gasteiger partial charge in [0, 0.05) is 6.04 Å². The SMILES string of the molecule is CCCN(CCC)[C@@H]1CCc2c(ccc3c2C(=O)C(=O)N3)[C@@H]1C. The number of hydrogen-bond acceptors (Lipinski definition) is 3. The molecule has 0 saturated carbocycles. The van der Waals surface area contributed by atoms with Gasteiger partial charge in [0.05, 0.1) is 11.3 Å². The largest absolute Gasteiger partial charge is 0.318 e. The topological polar surface area (TPSA) is 49.4 Å². The van der Waals surface area contributed by atoms with E-state index in [1.54, 1.807) is 0 Å². The van der Waals surface area contributed by atoms with Crippen molar-refractivity contribution in [3.05, 3.63) is 28.8 Å². The second kappa shape index (κ2) is 6.44. The number of rotatable bonds is 5. The number of carbonyl (C=O) groups excluding carboxylic acids is 2. The summed E-state index contributed by atoms with van der Waals surface area (Å²) in [6.45, 7) is 8.98. The van der Waals surface area contributed by atoms with Crippen LogP contribution in [0, 0.1) is 0 Å². The highest BCUT2D eigenvalue weighted by Crippen LogP contribution is 2.40. The lowest BCUT2D eigenvalue weighted by Gasteiger charge is -2.40. The number of benzene rings is 1. The summed E-state index contributed by atoms with van der Waals surface area (Å²) in [6.07, 6.45) is 4.28. The quantitative estimate of drug-likeness (QED) is 0.848. The molecule has 0 unspecified atom stereocenters. The van der Waals surface area contributed by atoms with E-state index in [-0.39, 0.29) is 5.78 Å². The third-order valence-corrected chi connectivity index (χ3v) is 5.28. The van der Waals surface area contributed by atoms with E-state index in [0.717, 1.165) is 44.3 Å².